The number of aromatic nitrogens is 2. The molecule has 4 heteroatoms. The molecule has 2 aliphatic rings. The summed E-state index contributed by atoms with van der Waals surface area (Å²) in [5.41, 5.74) is 0.352. The molecule has 0 spiro atoms. The van der Waals surface area contributed by atoms with E-state index in [1.807, 2.05) is 17.1 Å². The van der Waals surface area contributed by atoms with Crippen molar-refractivity contribution in [2.24, 2.45) is 0 Å². The first-order valence-electron chi connectivity index (χ1n) is 7.09. The largest absolute Gasteiger partial charge is 0.385 e. The standard InChI is InChI=1S/C14H23N3O/c1-3-17-10-11(9-15-17)14(18)7-12-5-4-6-13(8-14)16(12)2/h9-10,12-13,18H,3-8H2,1-2H3. The van der Waals surface area contributed by atoms with E-state index in [1.54, 1.807) is 0 Å². The van der Waals surface area contributed by atoms with Gasteiger partial charge >= 0.3 is 0 Å². The summed E-state index contributed by atoms with van der Waals surface area (Å²) in [5, 5.41) is 15.3. The third-order valence-electron chi connectivity index (χ3n) is 4.87. The van der Waals surface area contributed by atoms with Crippen molar-refractivity contribution in [1.29, 1.82) is 0 Å². The number of piperidine rings is 2. The van der Waals surface area contributed by atoms with Gasteiger partial charge in [0.2, 0.25) is 0 Å². The zero-order valence-corrected chi connectivity index (χ0v) is 11.3. The summed E-state index contributed by atoms with van der Waals surface area (Å²) >= 11 is 0. The van der Waals surface area contributed by atoms with Gasteiger partial charge in [-0.15, -0.1) is 0 Å². The molecular formula is C14H23N3O. The van der Waals surface area contributed by atoms with E-state index in [2.05, 4.69) is 24.0 Å². The zero-order chi connectivity index (χ0) is 12.8. The van der Waals surface area contributed by atoms with E-state index in [-0.39, 0.29) is 0 Å². The van der Waals surface area contributed by atoms with Crippen molar-refractivity contribution < 1.29 is 5.11 Å². The van der Waals surface area contributed by atoms with Crippen LogP contribution in [0.3, 0.4) is 0 Å². The fourth-order valence-corrected chi connectivity index (χ4v) is 3.66. The van der Waals surface area contributed by atoms with Gasteiger partial charge in [0.15, 0.2) is 0 Å². The van der Waals surface area contributed by atoms with Gasteiger partial charge in [-0.05, 0) is 39.7 Å². The lowest BCUT2D eigenvalue weighted by Gasteiger charge is -2.50. The van der Waals surface area contributed by atoms with E-state index in [4.69, 9.17) is 0 Å². The molecule has 4 nitrogen and oxygen atoms in total. The van der Waals surface area contributed by atoms with Gasteiger partial charge in [0.05, 0.1) is 11.8 Å². The Morgan fingerprint density at radius 3 is 2.61 bits per heavy atom. The molecule has 0 aromatic carbocycles. The molecule has 2 aliphatic heterocycles. The molecule has 18 heavy (non-hydrogen) atoms. The first-order valence-corrected chi connectivity index (χ1v) is 7.09. The maximum absolute atomic E-state index is 11.0. The van der Waals surface area contributed by atoms with Gasteiger partial charge in [-0.3, -0.25) is 4.68 Å². The summed E-state index contributed by atoms with van der Waals surface area (Å²) in [6.07, 6.45) is 9.33. The van der Waals surface area contributed by atoms with Crippen LogP contribution < -0.4 is 0 Å². The molecule has 0 aliphatic carbocycles. The number of aryl methyl sites for hydroxylation is 1. The fraction of sp³-hybridized carbons (Fsp3) is 0.786. The Morgan fingerprint density at radius 1 is 1.39 bits per heavy atom. The van der Waals surface area contributed by atoms with Crippen LogP contribution in [0, 0.1) is 0 Å². The number of rotatable bonds is 2. The second kappa shape index (κ2) is 4.35. The molecule has 0 radical (unpaired) electrons. The molecule has 1 aromatic heterocycles. The minimum Gasteiger partial charge on any atom is -0.385 e. The van der Waals surface area contributed by atoms with Crippen molar-refractivity contribution in [2.75, 3.05) is 7.05 Å². The van der Waals surface area contributed by atoms with E-state index >= 15 is 0 Å². The Morgan fingerprint density at radius 2 is 2.06 bits per heavy atom. The van der Waals surface area contributed by atoms with Crippen LogP contribution in [0.25, 0.3) is 0 Å². The molecule has 2 bridgehead atoms. The SMILES string of the molecule is CCn1cc(C2(O)CC3CCCC(C2)N3C)cn1. The third kappa shape index (κ3) is 1.88. The van der Waals surface area contributed by atoms with E-state index < -0.39 is 5.60 Å². The molecule has 2 unspecified atom stereocenters. The Hall–Kier alpha value is -0.870. The number of aliphatic hydroxyl groups is 1. The zero-order valence-electron chi connectivity index (χ0n) is 11.3. The summed E-state index contributed by atoms with van der Waals surface area (Å²) in [6.45, 7) is 2.94. The highest BCUT2D eigenvalue weighted by molar-refractivity contribution is 5.19. The second-order valence-electron chi connectivity index (χ2n) is 5.93. The third-order valence-corrected chi connectivity index (χ3v) is 4.87. The maximum atomic E-state index is 11.0. The number of hydrogen-bond acceptors (Lipinski definition) is 3. The van der Waals surface area contributed by atoms with Crippen molar-refractivity contribution in [1.82, 2.24) is 14.7 Å². The average molecular weight is 249 g/mol. The Labute approximate surface area is 109 Å². The summed E-state index contributed by atoms with van der Waals surface area (Å²) < 4.78 is 1.90. The minimum absolute atomic E-state index is 0.535. The lowest BCUT2D eigenvalue weighted by Crippen LogP contribution is -2.55. The highest BCUT2D eigenvalue weighted by Gasteiger charge is 2.45. The highest BCUT2D eigenvalue weighted by atomic mass is 16.3. The quantitative estimate of drug-likeness (QED) is 0.868. The van der Waals surface area contributed by atoms with Crippen molar-refractivity contribution in [3.8, 4) is 0 Å². The minimum atomic E-state index is -0.657. The van der Waals surface area contributed by atoms with Crippen LogP contribution in [-0.4, -0.2) is 38.9 Å². The van der Waals surface area contributed by atoms with Crippen LogP contribution in [0.4, 0.5) is 0 Å². The molecule has 3 heterocycles. The summed E-state index contributed by atoms with van der Waals surface area (Å²) in [4.78, 5) is 2.47. The molecule has 100 valence electrons. The molecular weight excluding hydrogens is 226 g/mol. The van der Waals surface area contributed by atoms with Gasteiger partial charge in [0, 0.05) is 30.4 Å². The van der Waals surface area contributed by atoms with E-state index in [9.17, 15) is 5.11 Å². The van der Waals surface area contributed by atoms with Crippen LogP contribution in [-0.2, 0) is 12.1 Å². The van der Waals surface area contributed by atoms with Crippen LogP contribution >= 0.6 is 0 Å². The predicted octanol–water partition coefficient (Wildman–Crippen LogP) is 1.74. The molecule has 2 fully saturated rings. The predicted molar refractivity (Wildman–Crippen MR) is 70.2 cm³/mol. The number of nitrogens with zero attached hydrogens (tertiary/aromatic N) is 3. The summed E-state index contributed by atoms with van der Waals surface area (Å²) in [6, 6.07) is 1.07. The van der Waals surface area contributed by atoms with Crippen molar-refractivity contribution in [3.63, 3.8) is 0 Å². The second-order valence-corrected chi connectivity index (χ2v) is 5.93. The highest BCUT2D eigenvalue weighted by Crippen LogP contribution is 2.43. The van der Waals surface area contributed by atoms with Crippen LogP contribution in [0.1, 0.15) is 44.6 Å². The van der Waals surface area contributed by atoms with Gasteiger partial charge in [-0.25, -0.2) is 0 Å². The van der Waals surface area contributed by atoms with Crippen molar-refractivity contribution in [2.45, 2.75) is 63.3 Å². The first-order chi connectivity index (χ1) is 8.62. The lowest BCUT2D eigenvalue weighted by atomic mass is 9.73. The molecule has 1 N–H and O–H groups in total. The van der Waals surface area contributed by atoms with Crippen LogP contribution in [0.2, 0.25) is 0 Å². The molecule has 0 amide bonds. The lowest BCUT2D eigenvalue weighted by molar-refractivity contribution is -0.0875. The fourth-order valence-electron chi connectivity index (χ4n) is 3.66. The molecule has 3 rings (SSSR count). The number of hydrogen-bond donors (Lipinski definition) is 1. The smallest absolute Gasteiger partial charge is 0.0956 e. The summed E-state index contributed by atoms with van der Waals surface area (Å²) in [5.74, 6) is 0. The Balaban J connectivity index is 1.86. The first kappa shape index (κ1) is 12.2. The van der Waals surface area contributed by atoms with Crippen LogP contribution in [0.15, 0.2) is 12.4 Å². The van der Waals surface area contributed by atoms with Gasteiger partial charge in [0.25, 0.3) is 0 Å². The van der Waals surface area contributed by atoms with Crippen LogP contribution in [0.5, 0.6) is 0 Å². The van der Waals surface area contributed by atoms with Gasteiger partial charge in [-0.2, -0.15) is 5.10 Å². The molecule has 0 saturated carbocycles. The van der Waals surface area contributed by atoms with Crippen molar-refractivity contribution in [3.05, 3.63) is 18.0 Å². The molecule has 2 atom stereocenters. The van der Waals surface area contributed by atoms with E-state index in [0.29, 0.717) is 12.1 Å². The average Bonchev–Trinajstić information content (AvgIpc) is 2.81. The van der Waals surface area contributed by atoms with Crippen molar-refractivity contribution >= 4 is 0 Å². The normalized spacial score (nSPS) is 36.8. The topological polar surface area (TPSA) is 41.3 Å². The van der Waals surface area contributed by atoms with Gasteiger partial charge in [0.1, 0.15) is 0 Å². The summed E-state index contributed by atoms with van der Waals surface area (Å²) in [7, 11) is 2.21. The number of fused-ring (bicyclic) bond motifs is 2. The van der Waals surface area contributed by atoms with Gasteiger partial charge in [-0.1, -0.05) is 6.42 Å². The Bertz CT molecular complexity index is 414. The molecule has 1 aromatic rings. The monoisotopic (exact) mass is 249 g/mol. The van der Waals surface area contributed by atoms with Gasteiger partial charge < -0.3 is 10.0 Å². The van der Waals surface area contributed by atoms with E-state index in [1.165, 1.54) is 19.3 Å². The maximum Gasteiger partial charge on any atom is 0.0956 e. The van der Waals surface area contributed by atoms with E-state index in [0.717, 1.165) is 24.9 Å². The molecule has 2 saturated heterocycles. The Kier molecular flexibility index (Phi) is 2.94.